The lowest BCUT2D eigenvalue weighted by atomic mass is 9.93. The van der Waals surface area contributed by atoms with Crippen LogP contribution in [0.4, 0.5) is 5.69 Å². The molecule has 1 aliphatic carbocycles. The van der Waals surface area contributed by atoms with Crippen LogP contribution in [-0.4, -0.2) is 62.6 Å². The molecular weight excluding hydrogens is 561 g/mol. The van der Waals surface area contributed by atoms with E-state index in [1.54, 1.807) is 0 Å². The van der Waals surface area contributed by atoms with Crippen LogP contribution in [0.1, 0.15) is 67.7 Å². The molecule has 0 saturated heterocycles. The zero-order valence-corrected chi connectivity index (χ0v) is 29.5. The summed E-state index contributed by atoms with van der Waals surface area (Å²) in [4.78, 5) is 6.02. The number of hydrogen-bond donors (Lipinski definition) is 1. The molecule has 2 aromatic rings. The van der Waals surface area contributed by atoms with E-state index in [0.717, 1.165) is 74.4 Å². The third-order valence-electron chi connectivity index (χ3n) is 8.23. The molecule has 1 aliphatic heterocycles. The highest BCUT2D eigenvalue weighted by atomic mass is 32.1. The zero-order chi connectivity index (χ0) is 32.5. The molecule has 1 heterocycles. The Morgan fingerprint density at radius 3 is 2.02 bits per heavy atom. The molecule has 0 bridgehead atoms. The molecule has 0 unspecified atom stereocenters. The van der Waals surface area contributed by atoms with E-state index < -0.39 is 0 Å². The van der Waals surface area contributed by atoms with Gasteiger partial charge in [-0.1, -0.05) is 63.3 Å². The van der Waals surface area contributed by atoms with E-state index in [4.69, 9.17) is 16.6 Å². The van der Waals surface area contributed by atoms with Gasteiger partial charge >= 0.3 is 0 Å². The van der Waals surface area contributed by atoms with Crippen molar-refractivity contribution in [2.75, 3.05) is 57.8 Å². The van der Waals surface area contributed by atoms with Gasteiger partial charge in [-0.3, -0.25) is 0 Å². The van der Waals surface area contributed by atoms with Crippen molar-refractivity contribution >= 4 is 33.7 Å². The van der Waals surface area contributed by atoms with Crippen LogP contribution >= 0.6 is 12.2 Å². The number of thiocarbonyl (C=S) groups is 1. The van der Waals surface area contributed by atoms with Crippen molar-refractivity contribution in [2.24, 2.45) is 5.73 Å². The maximum Gasteiger partial charge on any atom is 0.203 e. The van der Waals surface area contributed by atoms with Crippen LogP contribution in [0.5, 0.6) is 0 Å². The van der Waals surface area contributed by atoms with Crippen LogP contribution in [0.25, 0.3) is 33.4 Å². The molecule has 0 radical (unpaired) electrons. The Labute approximate surface area is 272 Å². The van der Waals surface area contributed by atoms with E-state index in [2.05, 4.69) is 135 Å². The molecule has 0 saturated carbocycles. The molecule has 2 aromatic carbocycles. The van der Waals surface area contributed by atoms with Gasteiger partial charge in [-0.2, -0.15) is 0 Å². The molecule has 0 fully saturated rings. The van der Waals surface area contributed by atoms with E-state index >= 15 is 0 Å². The largest absolute Gasteiger partial charge is 0.456 e. The average molecular weight is 618 g/mol. The Hall–Kier alpha value is -3.06. The summed E-state index contributed by atoms with van der Waals surface area (Å²) in [6, 6.07) is 23.9. The van der Waals surface area contributed by atoms with Gasteiger partial charge in [0.2, 0.25) is 5.36 Å². The van der Waals surface area contributed by atoms with Crippen molar-refractivity contribution in [1.29, 1.82) is 0 Å². The lowest BCUT2D eigenvalue weighted by Gasteiger charge is -2.22. The number of fused-ring (bicyclic) bond motifs is 2. The van der Waals surface area contributed by atoms with E-state index in [1.165, 1.54) is 47.0 Å². The van der Waals surface area contributed by atoms with Crippen LogP contribution in [0.15, 0.2) is 71.1 Å². The first-order valence-corrected chi connectivity index (χ1v) is 17.1. The van der Waals surface area contributed by atoms with Gasteiger partial charge in [0, 0.05) is 47.4 Å². The minimum atomic E-state index is 0.933. The molecule has 0 atom stereocenters. The molecule has 5 nitrogen and oxygen atoms in total. The number of hydrogen-bond acceptors (Lipinski definition) is 5. The summed E-state index contributed by atoms with van der Waals surface area (Å²) < 4.78 is 8.87. The highest BCUT2D eigenvalue weighted by Gasteiger charge is 2.19. The van der Waals surface area contributed by atoms with Gasteiger partial charge in [0.05, 0.1) is 6.07 Å². The minimum absolute atomic E-state index is 0.933. The molecular formula is C38H57N4OS+. The van der Waals surface area contributed by atoms with E-state index in [-0.39, 0.29) is 0 Å². The fourth-order valence-corrected chi connectivity index (χ4v) is 5.72. The van der Waals surface area contributed by atoms with Crippen molar-refractivity contribution < 1.29 is 4.42 Å². The van der Waals surface area contributed by atoms with E-state index in [0.29, 0.717) is 0 Å². The topological polar surface area (TPSA) is 48.7 Å². The number of anilines is 1. The SMILES string of the molecule is CCC(=S)CCCN(CC)CC.CCN(CC)c1ccc2c(-c3ccccc3)c3ccc(=[N+](CC)CC)cc-3oc2c1.CN. The predicted molar refractivity (Wildman–Crippen MR) is 198 cm³/mol. The first kappa shape index (κ1) is 37.1. The fraction of sp³-hybridized carbons (Fsp3) is 0.474. The summed E-state index contributed by atoms with van der Waals surface area (Å²) in [5.41, 5.74) is 10.2. The van der Waals surface area contributed by atoms with Crippen molar-refractivity contribution in [3.63, 3.8) is 0 Å². The van der Waals surface area contributed by atoms with E-state index in [9.17, 15) is 0 Å². The second-order valence-corrected chi connectivity index (χ2v) is 11.1. The third-order valence-corrected chi connectivity index (χ3v) is 8.72. The fourth-order valence-electron chi connectivity index (χ4n) is 5.57. The van der Waals surface area contributed by atoms with Gasteiger partial charge in [0.15, 0.2) is 0 Å². The third kappa shape index (κ3) is 9.98. The van der Waals surface area contributed by atoms with Crippen molar-refractivity contribution in [3.8, 4) is 22.5 Å². The second kappa shape index (κ2) is 20.1. The van der Waals surface area contributed by atoms with Crippen molar-refractivity contribution in [1.82, 2.24) is 9.48 Å². The zero-order valence-electron chi connectivity index (χ0n) is 28.7. The Morgan fingerprint density at radius 1 is 0.795 bits per heavy atom. The Kier molecular flexibility index (Phi) is 16.9. The highest BCUT2D eigenvalue weighted by molar-refractivity contribution is 7.80. The minimum Gasteiger partial charge on any atom is -0.456 e. The quantitative estimate of drug-likeness (QED) is 0.0929. The van der Waals surface area contributed by atoms with Crippen LogP contribution in [-0.2, 0) is 0 Å². The standard InChI is InChI=1S/C27H31N2O.C10H21NS.CH5N/c1-5-28(6-2)21-14-16-23-25(18-21)30-26-19-22(29(7-3)8-4)15-17-24(26)27(23)20-12-10-9-11-13-20;1-4-10(12)8-7-9-11(5-2)6-3;1-2/h9-19H,5-8H2,1-4H3;4-9H2,1-3H3;2H2,1H3/q+1;;. The van der Waals surface area contributed by atoms with Gasteiger partial charge in [-0.15, -0.1) is 0 Å². The van der Waals surface area contributed by atoms with Crippen LogP contribution in [0.2, 0.25) is 0 Å². The maximum absolute atomic E-state index is 6.51. The van der Waals surface area contributed by atoms with Gasteiger partial charge in [0.25, 0.3) is 0 Å². The molecule has 240 valence electrons. The summed E-state index contributed by atoms with van der Waals surface area (Å²) >= 11 is 5.16. The van der Waals surface area contributed by atoms with Crippen LogP contribution in [0, 0.1) is 0 Å². The second-order valence-electron chi connectivity index (χ2n) is 10.6. The summed E-state index contributed by atoms with van der Waals surface area (Å²) in [6.45, 7) is 22.8. The van der Waals surface area contributed by atoms with Crippen molar-refractivity contribution in [3.05, 3.63) is 72.1 Å². The van der Waals surface area contributed by atoms with Crippen LogP contribution in [0.3, 0.4) is 0 Å². The normalized spacial score (nSPS) is 10.7. The Morgan fingerprint density at radius 2 is 1.45 bits per heavy atom. The average Bonchev–Trinajstić information content (AvgIpc) is 3.08. The smallest absolute Gasteiger partial charge is 0.203 e. The molecule has 2 N–H and O–H groups in total. The Bertz CT molecular complexity index is 1430. The summed E-state index contributed by atoms with van der Waals surface area (Å²) in [5, 5.41) is 2.36. The first-order chi connectivity index (χ1) is 21.4. The molecule has 0 amide bonds. The molecule has 0 aromatic heterocycles. The first-order valence-electron chi connectivity index (χ1n) is 16.6. The maximum atomic E-state index is 6.51. The van der Waals surface area contributed by atoms with E-state index in [1.807, 2.05) is 0 Å². The van der Waals surface area contributed by atoms with Gasteiger partial charge in [-0.25, -0.2) is 4.58 Å². The molecule has 0 spiro atoms. The monoisotopic (exact) mass is 617 g/mol. The van der Waals surface area contributed by atoms with Gasteiger partial charge in [0.1, 0.15) is 24.4 Å². The molecule has 6 heteroatoms. The number of benzene rings is 3. The van der Waals surface area contributed by atoms with Gasteiger partial charge in [-0.05, 0) is 102 Å². The lowest BCUT2D eigenvalue weighted by molar-refractivity contribution is 0.302. The number of rotatable bonds is 13. The molecule has 2 aliphatic rings. The summed E-state index contributed by atoms with van der Waals surface area (Å²) in [7, 11) is 1.50. The summed E-state index contributed by atoms with van der Waals surface area (Å²) in [6.07, 6.45) is 3.42. The highest BCUT2D eigenvalue weighted by Crippen LogP contribution is 2.40. The molecule has 4 rings (SSSR count). The predicted octanol–water partition coefficient (Wildman–Crippen LogP) is 8.33. The van der Waals surface area contributed by atoms with Crippen molar-refractivity contribution in [2.45, 2.75) is 67.7 Å². The van der Waals surface area contributed by atoms with Gasteiger partial charge < -0.3 is 20.0 Å². The summed E-state index contributed by atoms with van der Waals surface area (Å²) in [5.74, 6) is 0.933. The Balaban J connectivity index is 0.000000409. The number of nitrogens with zero attached hydrogens (tertiary/aromatic N) is 3. The van der Waals surface area contributed by atoms with Crippen LogP contribution < -0.4 is 20.6 Å². The number of nitrogens with two attached hydrogens (primary N) is 1. The lowest BCUT2D eigenvalue weighted by Crippen LogP contribution is -2.29. The molecule has 44 heavy (non-hydrogen) atoms.